The molecule has 0 saturated carbocycles. The lowest BCUT2D eigenvalue weighted by Gasteiger charge is -2.27. The number of aryl methyl sites for hydroxylation is 1. The zero-order valence-corrected chi connectivity index (χ0v) is 18.0. The fraction of sp³-hybridized carbons (Fsp3) is 0.154. The zero-order chi connectivity index (χ0) is 22.8. The van der Waals surface area contributed by atoms with Gasteiger partial charge in [-0.25, -0.2) is 0 Å². The van der Waals surface area contributed by atoms with Gasteiger partial charge in [-0.1, -0.05) is 54.1 Å². The second-order valence-corrected chi connectivity index (χ2v) is 7.49. The topological polar surface area (TPSA) is 76.1 Å². The lowest BCUT2D eigenvalue weighted by molar-refractivity contribution is -0.132. The molecule has 1 amide bonds. The quantitative estimate of drug-likeness (QED) is 0.363. The summed E-state index contributed by atoms with van der Waals surface area (Å²) in [4.78, 5) is 27.9. The van der Waals surface area contributed by atoms with Gasteiger partial charge in [-0.3, -0.25) is 14.5 Å². The van der Waals surface area contributed by atoms with E-state index in [1.54, 1.807) is 48.5 Å². The lowest BCUT2D eigenvalue weighted by Crippen LogP contribution is -2.29. The molecule has 162 valence electrons. The van der Waals surface area contributed by atoms with Crippen molar-refractivity contribution in [2.75, 3.05) is 19.1 Å². The van der Waals surface area contributed by atoms with E-state index in [9.17, 15) is 14.7 Å². The highest BCUT2D eigenvalue weighted by atomic mass is 16.5. The standard InChI is InChI=1S/C26H23NO5/c1-16-8-6-9-17(14-16)23-22(24(28)18-10-7-11-19(15-18)31-2)25(29)26(30)27(23)20-12-4-5-13-21(20)32-3/h4-15,23,28H,1-3H3/b24-22-. The maximum atomic E-state index is 13.3. The number of para-hydroxylation sites is 2. The van der Waals surface area contributed by atoms with E-state index in [1.807, 2.05) is 31.2 Å². The summed E-state index contributed by atoms with van der Waals surface area (Å²) < 4.78 is 10.7. The summed E-state index contributed by atoms with van der Waals surface area (Å²) in [6, 6.07) is 20.5. The molecule has 4 rings (SSSR count). The van der Waals surface area contributed by atoms with Gasteiger partial charge in [0.15, 0.2) is 0 Å². The van der Waals surface area contributed by atoms with Gasteiger partial charge in [0.2, 0.25) is 0 Å². The maximum absolute atomic E-state index is 13.3. The monoisotopic (exact) mass is 429 g/mol. The highest BCUT2D eigenvalue weighted by Gasteiger charge is 2.47. The van der Waals surface area contributed by atoms with Gasteiger partial charge in [-0.05, 0) is 36.8 Å². The first kappa shape index (κ1) is 21.2. The number of carbonyl (C=O) groups is 2. The highest BCUT2D eigenvalue weighted by Crippen LogP contribution is 2.45. The number of hydrogen-bond acceptors (Lipinski definition) is 5. The van der Waals surface area contributed by atoms with E-state index in [4.69, 9.17) is 9.47 Å². The molecule has 32 heavy (non-hydrogen) atoms. The van der Waals surface area contributed by atoms with Crippen LogP contribution in [0.3, 0.4) is 0 Å². The molecule has 1 aliphatic heterocycles. The van der Waals surface area contributed by atoms with Gasteiger partial charge < -0.3 is 14.6 Å². The number of rotatable bonds is 5. The third kappa shape index (κ3) is 3.60. The molecule has 1 heterocycles. The summed E-state index contributed by atoms with van der Waals surface area (Å²) in [5.74, 6) is -0.770. The van der Waals surface area contributed by atoms with Crippen molar-refractivity contribution < 1.29 is 24.2 Å². The summed E-state index contributed by atoms with van der Waals surface area (Å²) in [6.07, 6.45) is 0. The van der Waals surface area contributed by atoms with Crippen LogP contribution in [0.1, 0.15) is 22.7 Å². The van der Waals surface area contributed by atoms with E-state index in [2.05, 4.69) is 0 Å². The summed E-state index contributed by atoms with van der Waals surface area (Å²) >= 11 is 0. The van der Waals surface area contributed by atoms with Crippen LogP contribution in [0.5, 0.6) is 11.5 Å². The number of nitrogens with zero attached hydrogens (tertiary/aromatic N) is 1. The molecule has 0 aromatic heterocycles. The second kappa shape index (κ2) is 8.59. The summed E-state index contributed by atoms with van der Waals surface area (Å²) in [7, 11) is 3.03. The van der Waals surface area contributed by atoms with Crippen molar-refractivity contribution in [3.63, 3.8) is 0 Å². The van der Waals surface area contributed by atoms with Gasteiger partial charge in [-0.2, -0.15) is 0 Å². The Kier molecular flexibility index (Phi) is 5.69. The average Bonchev–Trinajstić information content (AvgIpc) is 3.09. The zero-order valence-electron chi connectivity index (χ0n) is 18.0. The molecular formula is C26H23NO5. The molecule has 0 bridgehead atoms. The Bertz CT molecular complexity index is 1230. The molecule has 0 aliphatic carbocycles. The molecule has 3 aromatic rings. The number of ketones is 1. The smallest absolute Gasteiger partial charge is 0.300 e. The Morgan fingerprint density at radius 3 is 2.38 bits per heavy atom. The first-order valence-electron chi connectivity index (χ1n) is 10.1. The van der Waals surface area contributed by atoms with Crippen LogP contribution in [-0.2, 0) is 9.59 Å². The van der Waals surface area contributed by atoms with Gasteiger partial charge in [0.25, 0.3) is 11.7 Å². The fourth-order valence-corrected chi connectivity index (χ4v) is 3.99. The number of ether oxygens (including phenoxy) is 2. The number of methoxy groups -OCH3 is 2. The third-order valence-electron chi connectivity index (χ3n) is 5.49. The Labute approximate surface area is 186 Å². The molecule has 1 N–H and O–H groups in total. The minimum absolute atomic E-state index is 0.0137. The normalized spacial score (nSPS) is 17.5. The van der Waals surface area contributed by atoms with Gasteiger partial charge in [-0.15, -0.1) is 0 Å². The van der Waals surface area contributed by atoms with Crippen LogP contribution in [0.4, 0.5) is 5.69 Å². The van der Waals surface area contributed by atoms with Crippen LogP contribution in [0.25, 0.3) is 5.76 Å². The number of hydrogen-bond donors (Lipinski definition) is 1. The first-order chi connectivity index (χ1) is 15.5. The molecule has 0 radical (unpaired) electrons. The van der Waals surface area contributed by atoms with Crippen molar-refractivity contribution in [2.45, 2.75) is 13.0 Å². The molecule has 6 nitrogen and oxygen atoms in total. The van der Waals surface area contributed by atoms with E-state index in [1.165, 1.54) is 19.1 Å². The van der Waals surface area contributed by atoms with Crippen LogP contribution >= 0.6 is 0 Å². The van der Waals surface area contributed by atoms with Gasteiger partial charge in [0.1, 0.15) is 17.3 Å². The van der Waals surface area contributed by atoms with Crippen molar-refractivity contribution in [2.24, 2.45) is 0 Å². The summed E-state index contributed by atoms with van der Waals surface area (Å²) in [5.41, 5.74) is 2.53. The first-order valence-corrected chi connectivity index (χ1v) is 10.1. The van der Waals surface area contributed by atoms with Crippen LogP contribution in [0, 0.1) is 6.92 Å². The fourth-order valence-electron chi connectivity index (χ4n) is 3.99. The molecule has 1 unspecified atom stereocenters. The van der Waals surface area contributed by atoms with Crippen molar-refractivity contribution in [3.8, 4) is 11.5 Å². The van der Waals surface area contributed by atoms with Crippen molar-refractivity contribution in [1.82, 2.24) is 0 Å². The average molecular weight is 429 g/mol. The molecule has 1 aliphatic rings. The number of benzene rings is 3. The molecule has 0 spiro atoms. The molecular weight excluding hydrogens is 406 g/mol. The van der Waals surface area contributed by atoms with Crippen molar-refractivity contribution in [1.29, 1.82) is 0 Å². The van der Waals surface area contributed by atoms with Gasteiger partial charge in [0, 0.05) is 5.56 Å². The number of amides is 1. The summed E-state index contributed by atoms with van der Waals surface area (Å²) in [5, 5.41) is 11.2. The van der Waals surface area contributed by atoms with E-state index in [0.717, 1.165) is 5.56 Å². The number of aliphatic hydroxyl groups excluding tert-OH is 1. The van der Waals surface area contributed by atoms with Crippen LogP contribution in [-0.4, -0.2) is 31.0 Å². The van der Waals surface area contributed by atoms with Crippen LogP contribution < -0.4 is 14.4 Å². The highest BCUT2D eigenvalue weighted by molar-refractivity contribution is 6.51. The van der Waals surface area contributed by atoms with E-state index in [0.29, 0.717) is 28.3 Å². The number of carbonyl (C=O) groups excluding carboxylic acids is 2. The van der Waals surface area contributed by atoms with E-state index >= 15 is 0 Å². The minimum atomic E-state index is -0.822. The molecule has 1 atom stereocenters. The van der Waals surface area contributed by atoms with Gasteiger partial charge in [0.05, 0.1) is 31.5 Å². The minimum Gasteiger partial charge on any atom is -0.507 e. The van der Waals surface area contributed by atoms with E-state index < -0.39 is 17.7 Å². The third-order valence-corrected chi connectivity index (χ3v) is 5.49. The SMILES string of the molecule is COc1cccc(/C(O)=C2/C(=O)C(=O)N(c3ccccc3OC)C2c2cccc(C)c2)c1. The Morgan fingerprint density at radius 1 is 0.906 bits per heavy atom. The second-order valence-electron chi connectivity index (χ2n) is 7.49. The Morgan fingerprint density at radius 2 is 1.66 bits per heavy atom. The van der Waals surface area contributed by atoms with Crippen molar-refractivity contribution >= 4 is 23.1 Å². The maximum Gasteiger partial charge on any atom is 0.300 e. The Balaban J connectivity index is 1.98. The number of Topliss-reactive ketones (excluding diaryl/α,β-unsaturated/α-hetero) is 1. The summed E-state index contributed by atoms with van der Waals surface area (Å²) in [6.45, 7) is 1.93. The lowest BCUT2D eigenvalue weighted by atomic mass is 9.94. The van der Waals surface area contributed by atoms with Gasteiger partial charge >= 0.3 is 0 Å². The largest absolute Gasteiger partial charge is 0.507 e. The predicted octanol–water partition coefficient (Wildman–Crippen LogP) is 4.64. The Hall–Kier alpha value is -4.06. The molecule has 1 saturated heterocycles. The molecule has 1 fully saturated rings. The van der Waals surface area contributed by atoms with Crippen LogP contribution in [0.2, 0.25) is 0 Å². The van der Waals surface area contributed by atoms with Crippen molar-refractivity contribution in [3.05, 3.63) is 95.1 Å². The van der Waals surface area contributed by atoms with E-state index in [-0.39, 0.29) is 11.3 Å². The predicted molar refractivity (Wildman–Crippen MR) is 122 cm³/mol. The van der Waals surface area contributed by atoms with Crippen LogP contribution in [0.15, 0.2) is 78.4 Å². The number of aliphatic hydroxyl groups is 1. The number of anilines is 1. The molecule has 6 heteroatoms. The molecule has 3 aromatic carbocycles.